The van der Waals surface area contributed by atoms with Crippen LogP contribution < -0.4 is 10.6 Å². The average Bonchev–Trinajstić information content (AvgIpc) is 2.44. The molecule has 0 aromatic heterocycles. The van der Waals surface area contributed by atoms with Gasteiger partial charge in [-0.2, -0.15) is 0 Å². The van der Waals surface area contributed by atoms with Crippen LogP contribution in [0.15, 0.2) is 24.3 Å². The summed E-state index contributed by atoms with van der Waals surface area (Å²) in [5, 5.41) is 6.48. The van der Waals surface area contributed by atoms with Gasteiger partial charge in [-0.3, -0.25) is 0 Å². The highest BCUT2D eigenvalue weighted by atomic mass is 16.6. The van der Waals surface area contributed by atoms with Crippen molar-refractivity contribution in [1.29, 1.82) is 0 Å². The number of alkyl carbamates (subject to hydrolysis) is 1. The Morgan fingerprint density at radius 3 is 2.00 bits per heavy atom. The lowest BCUT2D eigenvalue weighted by molar-refractivity contribution is 0.0468. The van der Waals surface area contributed by atoms with Crippen LogP contribution in [0.1, 0.15) is 84.9 Å². The molecule has 0 radical (unpaired) electrons. The van der Waals surface area contributed by atoms with Crippen LogP contribution in [-0.4, -0.2) is 23.8 Å². The molecule has 0 spiro atoms. The van der Waals surface area contributed by atoms with Crippen molar-refractivity contribution < 1.29 is 9.53 Å². The highest BCUT2D eigenvalue weighted by Gasteiger charge is 2.24. The monoisotopic (exact) mass is 348 g/mol. The van der Waals surface area contributed by atoms with Crippen molar-refractivity contribution in [2.24, 2.45) is 0 Å². The average molecular weight is 349 g/mol. The van der Waals surface area contributed by atoms with Gasteiger partial charge in [-0.05, 0) is 71.6 Å². The van der Waals surface area contributed by atoms with Gasteiger partial charge in [0.1, 0.15) is 5.60 Å². The summed E-state index contributed by atoms with van der Waals surface area (Å²) < 4.78 is 5.33. The zero-order chi connectivity index (χ0) is 19.3. The lowest BCUT2D eigenvalue weighted by atomic mass is 9.98. The molecule has 142 valence electrons. The quantitative estimate of drug-likeness (QED) is 0.716. The van der Waals surface area contributed by atoms with E-state index in [1.807, 2.05) is 34.6 Å². The van der Waals surface area contributed by atoms with E-state index >= 15 is 0 Å². The second kappa shape index (κ2) is 8.70. The zero-order valence-electron chi connectivity index (χ0n) is 17.2. The minimum absolute atomic E-state index is 0.276. The van der Waals surface area contributed by atoms with E-state index in [0.29, 0.717) is 5.92 Å². The van der Waals surface area contributed by atoms with Gasteiger partial charge in [-0.15, -0.1) is 0 Å². The molecule has 0 heterocycles. The summed E-state index contributed by atoms with van der Waals surface area (Å²) in [6, 6.07) is 9.06. The molecule has 25 heavy (non-hydrogen) atoms. The van der Waals surface area contributed by atoms with E-state index in [4.69, 9.17) is 4.74 Å². The molecule has 1 aromatic rings. The molecule has 0 aliphatic carbocycles. The van der Waals surface area contributed by atoms with E-state index in [2.05, 4.69) is 55.7 Å². The van der Waals surface area contributed by atoms with Gasteiger partial charge in [0.15, 0.2) is 0 Å². The van der Waals surface area contributed by atoms with Crippen molar-refractivity contribution in [3.8, 4) is 0 Å². The molecule has 4 nitrogen and oxygen atoms in total. The number of carbonyl (C=O) groups excluding carboxylic acids is 1. The highest BCUT2D eigenvalue weighted by molar-refractivity contribution is 5.68. The van der Waals surface area contributed by atoms with Crippen molar-refractivity contribution in [2.75, 3.05) is 6.54 Å². The maximum Gasteiger partial charge on any atom is 0.408 e. The van der Waals surface area contributed by atoms with E-state index in [1.165, 1.54) is 11.1 Å². The van der Waals surface area contributed by atoms with Crippen molar-refractivity contribution in [3.05, 3.63) is 35.4 Å². The molecule has 0 fully saturated rings. The lowest BCUT2D eigenvalue weighted by Gasteiger charge is -2.29. The van der Waals surface area contributed by atoms with E-state index in [-0.39, 0.29) is 17.7 Å². The first-order valence-electron chi connectivity index (χ1n) is 9.24. The Balaban J connectivity index is 2.45. The van der Waals surface area contributed by atoms with Gasteiger partial charge in [-0.25, -0.2) is 4.79 Å². The Morgan fingerprint density at radius 2 is 1.52 bits per heavy atom. The van der Waals surface area contributed by atoms with Crippen molar-refractivity contribution >= 4 is 6.09 Å². The van der Waals surface area contributed by atoms with Crippen LogP contribution in [0.2, 0.25) is 0 Å². The van der Waals surface area contributed by atoms with Crippen LogP contribution in [0.4, 0.5) is 4.79 Å². The third-order valence-electron chi connectivity index (χ3n) is 4.14. The minimum atomic E-state index is -0.477. The Labute approximate surface area is 153 Å². The Kier molecular flexibility index (Phi) is 7.48. The van der Waals surface area contributed by atoms with Gasteiger partial charge in [0, 0.05) is 11.6 Å². The molecule has 1 amide bonds. The van der Waals surface area contributed by atoms with Gasteiger partial charge in [-0.1, -0.05) is 38.1 Å². The molecule has 1 rings (SSSR count). The van der Waals surface area contributed by atoms with Gasteiger partial charge in [0.25, 0.3) is 0 Å². The van der Waals surface area contributed by atoms with Crippen LogP contribution in [0.25, 0.3) is 0 Å². The Morgan fingerprint density at radius 1 is 1.00 bits per heavy atom. The Bertz CT molecular complexity index is 542. The van der Waals surface area contributed by atoms with E-state index in [1.54, 1.807) is 0 Å². The Hall–Kier alpha value is -1.55. The molecule has 0 saturated carbocycles. The van der Waals surface area contributed by atoms with Crippen LogP contribution in [0, 0.1) is 0 Å². The molecule has 0 aliphatic rings. The number of hydrogen-bond donors (Lipinski definition) is 2. The highest BCUT2D eigenvalue weighted by Crippen LogP contribution is 2.19. The van der Waals surface area contributed by atoms with Crippen molar-refractivity contribution in [2.45, 2.75) is 84.9 Å². The number of amides is 1. The summed E-state index contributed by atoms with van der Waals surface area (Å²) in [6.07, 6.45) is 0.454. The molecular formula is C21H36N2O2. The van der Waals surface area contributed by atoms with Crippen LogP contribution in [0.3, 0.4) is 0 Å². The number of nitrogens with one attached hydrogen (secondary N) is 2. The molecule has 1 aromatic carbocycles. The third-order valence-corrected chi connectivity index (χ3v) is 4.14. The van der Waals surface area contributed by atoms with Gasteiger partial charge in [0.2, 0.25) is 0 Å². The van der Waals surface area contributed by atoms with Gasteiger partial charge >= 0.3 is 6.09 Å². The SMILES string of the molecule is CC(C)c1ccc(C(C)NCCC(C)(C)NC(=O)OC(C)(C)C)cc1. The lowest BCUT2D eigenvalue weighted by Crippen LogP contribution is -2.47. The molecule has 0 aliphatic heterocycles. The maximum absolute atomic E-state index is 11.9. The minimum Gasteiger partial charge on any atom is -0.444 e. The largest absolute Gasteiger partial charge is 0.444 e. The summed E-state index contributed by atoms with van der Waals surface area (Å²) in [5.41, 5.74) is 1.84. The van der Waals surface area contributed by atoms with E-state index in [0.717, 1.165) is 13.0 Å². The summed E-state index contributed by atoms with van der Waals surface area (Å²) in [6.45, 7) is 17.0. The standard InChI is InChI=1S/C21H36N2O2/c1-15(2)17-9-11-18(12-10-17)16(3)22-14-13-21(7,8)23-19(24)25-20(4,5)6/h9-12,15-16,22H,13-14H2,1-8H3,(H,23,24). The first-order valence-corrected chi connectivity index (χ1v) is 9.24. The van der Waals surface area contributed by atoms with E-state index in [9.17, 15) is 4.79 Å². The predicted octanol–water partition coefficient (Wildman–Crippen LogP) is 5.15. The first kappa shape index (κ1) is 21.5. The topological polar surface area (TPSA) is 50.4 Å². The number of ether oxygens (including phenoxy) is 1. The fraction of sp³-hybridized carbons (Fsp3) is 0.667. The summed E-state index contributed by atoms with van der Waals surface area (Å²) in [4.78, 5) is 11.9. The van der Waals surface area contributed by atoms with Crippen LogP contribution >= 0.6 is 0 Å². The smallest absolute Gasteiger partial charge is 0.408 e. The number of hydrogen-bond acceptors (Lipinski definition) is 3. The molecule has 0 saturated heterocycles. The number of carbonyl (C=O) groups is 1. The predicted molar refractivity (Wildman–Crippen MR) is 105 cm³/mol. The summed E-state index contributed by atoms with van der Waals surface area (Å²) in [7, 11) is 0. The van der Waals surface area contributed by atoms with Gasteiger partial charge in [0.05, 0.1) is 0 Å². The zero-order valence-corrected chi connectivity index (χ0v) is 17.2. The first-order chi connectivity index (χ1) is 11.4. The molecular weight excluding hydrogens is 312 g/mol. The summed E-state index contributed by atoms with van der Waals surface area (Å²) >= 11 is 0. The fourth-order valence-electron chi connectivity index (χ4n) is 2.53. The van der Waals surface area contributed by atoms with E-state index < -0.39 is 5.60 Å². The van der Waals surface area contributed by atoms with Crippen molar-refractivity contribution in [1.82, 2.24) is 10.6 Å². The van der Waals surface area contributed by atoms with Crippen LogP contribution in [0.5, 0.6) is 0 Å². The number of rotatable bonds is 7. The summed E-state index contributed by atoms with van der Waals surface area (Å²) in [5.74, 6) is 0.553. The van der Waals surface area contributed by atoms with Crippen molar-refractivity contribution in [3.63, 3.8) is 0 Å². The second-order valence-electron chi connectivity index (χ2n) is 8.76. The molecule has 0 bridgehead atoms. The normalized spacial score (nSPS) is 13.6. The number of benzene rings is 1. The molecule has 4 heteroatoms. The fourth-order valence-corrected chi connectivity index (χ4v) is 2.53. The molecule has 2 N–H and O–H groups in total. The molecule has 1 atom stereocenters. The van der Waals surface area contributed by atoms with Gasteiger partial charge < -0.3 is 15.4 Å². The van der Waals surface area contributed by atoms with Crippen LogP contribution in [-0.2, 0) is 4.74 Å². The second-order valence-corrected chi connectivity index (χ2v) is 8.76. The molecule has 1 unspecified atom stereocenters. The third kappa shape index (κ3) is 8.39. The maximum atomic E-state index is 11.9.